The summed E-state index contributed by atoms with van der Waals surface area (Å²) in [7, 11) is 0. The Labute approximate surface area is 117 Å². The van der Waals surface area contributed by atoms with Gasteiger partial charge in [0.05, 0.1) is 12.4 Å². The number of carbonyl (C=O) groups excluding carboxylic acids is 1. The van der Waals surface area contributed by atoms with Crippen molar-refractivity contribution in [3.63, 3.8) is 0 Å². The van der Waals surface area contributed by atoms with Crippen molar-refractivity contribution in [2.75, 3.05) is 11.9 Å². The van der Waals surface area contributed by atoms with E-state index in [0.29, 0.717) is 18.9 Å². The quantitative estimate of drug-likeness (QED) is 0.775. The fourth-order valence-electron chi connectivity index (χ4n) is 1.49. The molecule has 0 unspecified atom stereocenters. The first-order valence-electron chi connectivity index (χ1n) is 6.13. The van der Waals surface area contributed by atoms with E-state index in [0.717, 1.165) is 5.56 Å². The standard InChI is InChI=1S/C14H15N5O/c1-2-5-16-13-10-17-12(9-18-13)14(20)19-8-11-4-3-6-15-7-11/h2-4,6-7,9-10H,1,5,8H2,(H,16,18)(H,19,20). The van der Waals surface area contributed by atoms with Crippen LogP contribution in [0.15, 0.2) is 49.6 Å². The number of nitrogens with one attached hydrogen (secondary N) is 2. The molecule has 0 aliphatic heterocycles. The number of pyridine rings is 1. The van der Waals surface area contributed by atoms with Crippen LogP contribution in [0.25, 0.3) is 0 Å². The fraction of sp³-hybridized carbons (Fsp3) is 0.143. The van der Waals surface area contributed by atoms with Crippen molar-refractivity contribution in [2.45, 2.75) is 6.54 Å². The number of amides is 1. The number of hydrogen-bond donors (Lipinski definition) is 2. The number of nitrogens with zero attached hydrogens (tertiary/aromatic N) is 3. The summed E-state index contributed by atoms with van der Waals surface area (Å²) in [5, 5.41) is 5.75. The molecule has 2 heterocycles. The van der Waals surface area contributed by atoms with Gasteiger partial charge in [-0.1, -0.05) is 12.1 Å². The van der Waals surface area contributed by atoms with E-state index in [-0.39, 0.29) is 11.6 Å². The van der Waals surface area contributed by atoms with Gasteiger partial charge in [-0.15, -0.1) is 6.58 Å². The molecule has 1 amide bonds. The predicted octanol–water partition coefficient (Wildman–Crippen LogP) is 1.40. The molecule has 2 aromatic heterocycles. The Kier molecular flexibility index (Phi) is 4.77. The van der Waals surface area contributed by atoms with Crippen LogP contribution in [0.2, 0.25) is 0 Å². The number of rotatable bonds is 6. The second-order valence-electron chi connectivity index (χ2n) is 4.00. The minimum Gasteiger partial charge on any atom is -0.365 e. The van der Waals surface area contributed by atoms with Crippen LogP contribution in [0.5, 0.6) is 0 Å². The van der Waals surface area contributed by atoms with E-state index in [2.05, 4.69) is 32.2 Å². The molecule has 0 radical (unpaired) electrons. The van der Waals surface area contributed by atoms with Crippen LogP contribution in [0, 0.1) is 0 Å². The van der Waals surface area contributed by atoms with Gasteiger partial charge in [-0.3, -0.25) is 9.78 Å². The van der Waals surface area contributed by atoms with Crippen LogP contribution in [-0.2, 0) is 6.54 Å². The highest BCUT2D eigenvalue weighted by molar-refractivity contribution is 5.91. The normalized spacial score (nSPS) is 9.80. The molecule has 0 aromatic carbocycles. The first-order valence-corrected chi connectivity index (χ1v) is 6.13. The van der Waals surface area contributed by atoms with E-state index in [1.165, 1.54) is 12.4 Å². The third kappa shape index (κ3) is 3.88. The lowest BCUT2D eigenvalue weighted by Crippen LogP contribution is -2.24. The van der Waals surface area contributed by atoms with Crippen LogP contribution in [-0.4, -0.2) is 27.4 Å². The van der Waals surface area contributed by atoms with Gasteiger partial charge in [-0.2, -0.15) is 0 Å². The third-order valence-electron chi connectivity index (χ3n) is 2.49. The molecular weight excluding hydrogens is 254 g/mol. The number of anilines is 1. The van der Waals surface area contributed by atoms with Crippen molar-refractivity contribution in [3.8, 4) is 0 Å². The fourth-order valence-corrected chi connectivity index (χ4v) is 1.49. The first kappa shape index (κ1) is 13.7. The molecule has 2 aromatic rings. The number of aromatic nitrogens is 3. The summed E-state index contributed by atoms with van der Waals surface area (Å²) in [6.45, 7) is 4.60. The summed E-state index contributed by atoms with van der Waals surface area (Å²) in [5.41, 5.74) is 1.20. The maximum absolute atomic E-state index is 11.9. The molecule has 0 spiro atoms. The molecule has 0 aliphatic carbocycles. The third-order valence-corrected chi connectivity index (χ3v) is 2.49. The van der Waals surface area contributed by atoms with Crippen molar-refractivity contribution >= 4 is 11.7 Å². The molecule has 0 aliphatic rings. The lowest BCUT2D eigenvalue weighted by molar-refractivity contribution is 0.0945. The highest BCUT2D eigenvalue weighted by atomic mass is 16.1. The average molecular weight is 269 g/mol. The van der Waals surface area contributed by atoms with E-state index in [4.69, 9.17) is 0 Å². The molecule has 0 saturated carbocycles. The summed E-state index contributed by atoms with van der Waals surface area (Å²) in [6, 6.07) is 3.71. The van der Waals surface area contributed by atoms with Gasteiger partial charge in [0.1, 0.15) is 11.5 Å². The maximum Gasteiger partial charge on any atom is 0.271 e. The molecule has 6 nitrogen and oxygen atoms in total. The van der Waals surface area contributed by atoms with Crippen molar-refractivity contribution in [1.29, 1.82) is 0 Å². The van der Waals surface area contributed by atoms with Crippen LogP contribution in [0.3, 0.4) is 0 Å². The highest BCUT2D eigenvalue weighted by Gasteiger charge is 2.07. The lowest BCUT2D eigenvalue weighted by Gasteiger charge is -2.05. The van der Waals surface area contributed by atoms with Gasteiger partial charge >= 0.3 is 0 Å². The van der Waals surface area contributed by atoms with Gasteiger partial charge in [-0.25, -0.2) is 9.97 Å². The Balaban J connectivity index is 1.90. The van der Waals surface area contributed by atoms with Crippen molar-refractivity contribution in [2.24, 2.45) is 0 Å². The first-order chi connectivity index (χ1) is 9.79. The Morgan fingerprint density at radius 3 is 2.85 bits per heavy atom. The molecule has 6 heteroatoms. The molecule has 2 N–H and O–H groups in total. The Morgan fingerprint density at radius 1 is 1.30 bits per heavy atom. The summed E-state index contributed by atoms with van der Waals surface area (Å²) in [5.74, 6) is 0.338. The molecule has 102 valence electrons. The Hall–Kier alpha value is -2.76. The summed E-state index contributed by atoms with van der Waals surface area (Å²) in [6.07, 6.45) is 8.06. The molecule has 2 rings (SSSR count). The van der Waals surface area contributed by atoms with Gasteiger partial charge in [0.25, 0.3) is 5.91 Å². The number of hydrogen-bond acceptors (Lipinski definition) is 5. The molecule has 0 saturated heterocycles. The van der Waals surface area contributed by atoms with Crippen molar-refractivity contribution < 1.29 is 4.79 Å². The topological polar surface area (TPSA) is 79.8 Å². The molecule has 0 fully saturated rings. The van der Waals surface area contributed by atoms with Gasteiger partial charge < -0.3 is 10.6 Å². The molecule has 20 heavy (non-hydrogen) atoms. The van der Waals surface area contributed by atoms with Crippen molar-refractivity contribution in [1.82, 2.24) is 20.3 Å². The summed E-state index contributed by atoms with van der Waals surface area (Å²) in [4.78, 5) is 24.0. The molecular formula is C14H15N5O. The van der Waals surface area contributed by atoms with Gasteiger partial charge in [0.2, 0.25) is 0 Å². The Morgan fingerprint density at radius 2 is 2.20 bits per heavy atom. The Bertz CT molecular complexity index is 568. The maximum atomic E-state index is 11.9. The minimum absolute atomic E-state index is 0.267. The minimum atomic E-state index is -0.267. The van der Waals surface area contributed by atoms with Crippen molar-refractivity contribution in [3.05, 3.63) is 60.8 Å². The van der Waals surface area contributed by atoms with Crippen LogP contribution in [0.4, 0.5) is 5.82 Å². The van der Waals surface area contributed by atoms with E-state index in [1.807, 2.05) is 12.1 Å². The van der Waals surface area contributed by atoms with Crippen LogP contribution in [0.1, 0.15) is 16.1 Å². The van der Waals surface area contributed by atoms with E-state index in [9.17, 15) is 4.79 Å². The second kappa shape index (κ2) is 6.98. The lowest BCUT2D eigenvalue weighted by atomic mass is 10.3. The zero-order chi connectivity index (χ0) is 14.2. The van der Waals surface area contributed by atoms with E-state index < -0.39 is 0 Å². The zero-order valence-electron chi connectivity index (χ0n) is 10.9. The predicted molar refractivity (Wildman–Crippen MR) is 76.1 cm³/mol. The summed E-state index contributed by atoms with van der Waals surface area (Å²) < 4.78 is 0. The molecule has 0 bridgehead atoms. The monoisotopic (exact) mass is 269 g/mol. The highest BCUT2D eigenvalue weighted by Crippen LogP contribution is 2.01. The zero-order valence-corrected chi connectivity index (χ0v) is 10.9. The van der Waals surface area contributed by atoms with Gasteiger partial charge in [0.15, 0.2) is 0 Å². The average Bonchev–Trinajstić information content (AvgIpc) is 2.52. The van der Waals surface area contributed by atoms with E-state index in [1.54, 1.807) is 18.5 Å². The number of carbonyl (C=O) groups is 1. The van der Waals surface area contributed by atoms with E-state index >= 15 is 0 Å². The van der Waals surface area contributed by atoms with Gasteiger partial charge in [0, 0.05) is 25.5 Å². The smallest absolute Gasteiger partial charge is 0.271 e. The molecule has 0 atom stereocenters. The van der Waals surface area contributed by atoms with Crippen LogP contribution >= 0.6 is 0 Å². The van der Waals surface area contributed by atoms with Crippen LogP contribution < -0.4 is 10.6 Å². The van der Waals surface area contributed by atoms with Gasteiger partial charge in [-0.05, 0) is 11.6 Å². The largest absolute Gasteiger partial charge is 0.365 e. The second-order valence-corrected chi connectivity index (χ2v) is 4.00. The SMILES string of the molecule is C=CCNc1cnc(C(=O)NCc2cccnc2)cn1. The summed E-state index contributed by atoms with van der Waals surface area (Å²) >= 11 is 0.